The lowest BCUT2D eigenvalue weighted by Crippen LogP contribution is -2.35. The van der Waals surface area contributed by atoms with E-state index < -0.39 is 0 Å². The summed E-state index contributed by atoms with van der Waals surface area (Å²) in [5.41, 5.74) is 3.20. The van der Waals surface area contributed by atoms with Gasteiger partial charge in [0.05, 0.1) is 13.2 Å². The summed E-state index contributed by atoms with van der Waals surface area (Å²) >= 11 is 1.49. The molecule has 3 aromatic rings. The first kappa shape index (κ1) is 25.5. The zero-order valence-electron chi connectivity index (χ0n) is 20.1. The number of amides is 1. The fourth-order valence-corrected chi connectivity index (χ4v) is 4.59. The van der Waals surface area contributed by atoms with E-state index in [9.17, 15) is 9.59 Å². The molecule has 0 spiro atoms. The number of aromatic nitrogens is 2. The lowest BCUT2D eigenvalue weighted by molar-refractivity contribution is -0.121. The number of hydrogen-bond acceptors (Lipinski definition) is 6. The van der Waals surface area contributed by atoms with Gasteiger partial charge in [-0.15, -0.1) is 0 Å². The van der Waals surface area contributed by atoms with Crippen molar-refractivity contribution in [2.75, 3.05) is 27.7 Å². The molecule has 2 N–H and O–H groups in total. The molecule has 0 saturated heterocycles. The van der Waals surface area contributed by atoms with Crippen LogP contribution in [-0.4, -0.2) is 48.5 Å². The van der Waals surface area contributed by atoms with E-state index in [1.54, 1.807) is 7.11 Å². The number of thioether (sulfide) groups is 1. The Hall–Kier alpha value is -3.10. The number of H-pyrrole nitrogens is 1. The summed E-state index contributed by atoms with van der Waals surface area (Å²) in [6.45, 7) is 2.26. The molecule has 0 aliphatic carbocycles. The minimum atomic E-state index is -0.184. The number of nitrogens with one attached hydrogen (secondary N) is 2. The molecule has 0 radical (unpaired) electrons. The van der Waals surface area contributed by atoms with Gasteiger partial charge in [-0.25, -0.2) is 4.98 Å². The van der Waals surface area contributed by atoms with Crippen molar-refractivity contribution in [2.24, 2.45) is 0 Å². The van der Waals surface area contributed by atoms with E-state index in [0.29, 0.717) is 29.4 Å². The molecule has 34 heavy (non-hydrogen) atoms. The van der Waals surface area contributed by atoms with Crippen LogP contribution in [0.5, 0.6) is 5.75 Å². The van der Waals surface area contributed by atoms with Gasteiger partial charge in [-0.2, -0.15) is 0 Å². The van der Waals surface area contributed by atoms with Crippen LogP contribution >= 0.6 is 11.8 Å². The Morgan fingerprint density at radius 2 is 1.85 bits per heavy atom. The number of hydrogen-bond donors (Lipinski definition) is 2. The number of benzene rings is 2. The van der Waals surface area contributed by atoms with Crippen molar-refractivity contribution in [3.63, 3.8) is 0 Å². The largest absolute Gasteiger partial charge is 0.496 e. The lowest BCUT2D eigenvalue weighted by atomic mass is 10.0. The topological polar surface area (TPSA) is 87.3 Å². The Balaban J connectivity index is 1.57. The highest BCUT2D eigenvalue weighted by atomic mass is 32.2. The number of aromatic amines is 1. The molecule has 7 nitrogen and oxygen atoms in total. The minimum absolute atomic E-state index is 0.0344. The van der Waals surface area contributed by atoms with Crippen molar-refractivity contribution in [3.05, 3.63) is 87.3 Å². The maximum absolute atomic E-state index is 12.6. The minimum Gasteiger partial charge on any atom is -0.496 e. The molecule has 0 aliphatic rings. The summed E-state index contributed by atoms with van der Waals surface area (Å²) in [5, 5.41) is 3.59. The summed E-state index contributed by atoms with van der Waals surface area (Å²) in [6, 6.07) is 17.8. The van der Waals surface area contributed by atoms with Gasteiger partial charge in [-0.3, -0.25) is 9.59 Å². The summed E-state index contributed by atoms with van der Waals surface area (Å²) in [6.07, 6.45) is 0.555. The molecular formula is C26H32N4O3S. The zero-order chi connectivity index (χ0) is 24.5. The molecule has 1 heterocycles. The molecule has 0 fully saturated rings. The Kier molecular flexibility index (Phi) is 9.30. The van der Waals surface area contributed by atoms with Crippen LogP contribution in [0.3, 0.4) is 0 Å². The van der Waals surface area contributed by atoms with Gasteiger partial charge in [0, 0.05) is 35.5 Å². The zero-order valence-corrected chi connectivity index (χ0v) is 20.9. The standard InChI is InChI=1S/C26H32N4O3S/c1-18-20(25(32)29-26(28-18)34-17-19-10-6-5-7-11-19)14-15-24(31)27-16-22(30(2)3)21-12-8-9-13-23(21)33-4/h5-13,22H,14-17H2,1-4H3,(H,27,31)(H,28,29,32). The van der Waals surface area contributed by atoms with Gasteiger partial charge in [0.25, 0.3) is 5.56 Å². The number of carbonyl (C=O) groups is 1. The van der Waals surface area contributed by atoms with Crippen LogP contribution in [0.2, 0.25) is 0 Å². The second kappa shape index (κ2) is 12.4. The fourth-order valence-electron chi connectivity index (χ4n) is 3.72. The lowest BCUT2D eigenvalue weighted by Gasteiger charge is -2.26. The van der Waals surface area contributed by atoms with E-state index in [4.69, 9.17) is 4.74 Å². The average Bonchev–Trinajstić information content (AvgIpc) is 2.83. The highest BCUT2D eigenvalue weighted by Gasteiger charge is 2.19. The number of para-hydroxylation sites is 1. The molecule has 8 heteroatoms. The van der Waals surface area contributed by atoms with Crippen LogP contribution in [0, 0.1) is 6.92 Å². The van der Waals surface area contributed by atoms with Gasteiger partial charge in [0.1, 0.15) is 5.75 Å². The van der Waals surface area contributed by atoms with Crippen LogP contribution in [0.25, 0.3) is 0 Å². The number of ether oxygens (including phenoxy) is 1. The quantitative estimate of drug-likeness (QED) is 0.321. The average molecular weight is 481 g/mol. The van der Waals surface area contributed by atoms with E-state index in [-0.39, 0.29) is 23.9 Å². The van der Waals surface area contributed by atoms with Gasteiger partial charge in [-0.1, -0.05) is 60.3 Å². The van der Waals surface area contributed by atoms with Crippen molar-refractivity contribution in [3.8, 4) is 5.75 Å². The number of likely N-dealkylation sites (N-methyl/N-ethyl adjacent to an activating group) is 1. The second-order valence-corrected chi connectivity index (χ2v) is 9.20. The molecule has 0 bridgehead atoms. The predicted molar refractivity (Wildman–Crippen MR) is 136 cm³/mol. The third-order valence-electron chi connectivity index (χ3n) is 5.63. The van der Waals surface area contributed by atoms with Crippen molar-refractivity contribution >= 4 is 17.7 Å². The molecule has 180 valence electrons. The van der Waals surface area contributed by atoms with Crippen molar-refractivity contribution in [2.45, 2.75) is 36.7 Å². The second-order valence-electron chi connectivity index (χ2n) is 8.23. The summed E-state index contributed by atoms with van der Waals surface area (Å²) < 4.78 is 5.48. The maximum Gasteiger partial charge on any atom is 0.254 e. The van der Waals surface area contributed by atoms with Gasteiger partial charge < -0.3 is 19.9 Å². The molecule has 1 atom stereocenters. The van der Waals surface area contributed by atoms with E-state index in [1.807, 2.05) is 80.5 Å². The highest BCUT2D eigenvalue weighted by Crippen LogP contribution is 2.27. The van der Waals surface area contributed by atoms with Crippen LogP contribution < -0.4 is 15.6 Å². The van der Waals surface area contributed by atoms with Crippen LogP contribution in [0.4, 0.5) is 0 Å². The molecule has 1 amide bonds. The van der Waals surface area contributed by atoms with Crippen molar-refractivity contribution in [1.82, 2.24) is 20.2 Å². The van der Waals surface area contributed by atoms with Crippen LogP contribution in [0.1, 0.15) is 34.8 Å². The third kappa shape index (κ3) is 6.95. The Morgan fingerprint density at radius 1 is 1.15 bits per heavy atom. The Morgan fingerprint density at radius 3 is 2.53 bits per heavy atom. The highest BCUT2D eigenvalue weighted by molar-refractivity contribution is 7.98. The van der Waals surface area contributed by atoms with Crippen LogP contribution in [0.15, 0.2) is 64.5 Å². The molecule has 0 aliphatic heterocycles. The van der Waals surface area contributed by atoms with E-state index in [1.165, 1.54) is 11.8 Å². The molecule has 2 aromatic carbocycles. The molecule has 1 unspecified atom stereocenters. The summed E-state index contributed by atoms with van der Waals surface area (Å²) in [4.78, 5) is 34.7. The third-order valence-corrected chi connectivity index (χ3v) is 6.58. The van der Waals surface area contributed by atoms with Gasteiger partial charge in [0.15, 0.2) is 5.16 Å². The Labute approximate surface area is 205 Å². The normalized spacial score (nSPS) is 11.9. The number of nitrogens with zero attached hydrogens (tertiary/aromatic N) is 2. The summed E-state index contributed by atoms with van der Waals surface area (Å²) in [5.74, 6) is 1.40. The van der Waals surface area contributed by atoms with Crippen molar-refractivity contribution < 1.29 is 9.53 Å². The van der Waals surface area contributed by atoms with E-state index in [2.05, 4.69) is 15.3 Å². The SMILES string of the molecule is COc1ccccc1C(CNC(=O)CCc1c(C)nc(SCc2ccccc2)[nH]c1=O)N(C)C. The maximum atomic E-state index is 12.6. The molecule has 1 aromatic heterocycles. The fraction of sp³-hybridized carbons (Fsp3) is 0.346. The predicted octanol–water partition coefficient (Wildman–Crippen LogP) is 3.73. The molecule has 3 rings (SSSR count). The first-order valence-electron chi connectivity index (χ1n) is 11.2. The van der Waals surface area contributed by atoms with Crippen LogP contribution in [-0.2, 0) is 17.0 Å². The van der Waals surface area contributed by atoms with Crippen molar-refractivity contribution in [1.29, 1.82) is 0 Å². The Bertz CT molecular complexity index is 1150. The van der Waals surface area contributed by atoms with E-state index in [0.717, 1.165) is 22.6 Å². The smallest absolute Gasteiger partial charge is 0.254 e. The van der Waals surface area contributed by atoms with Gasteiger partial charge in [-0.05, 0) is 39.1 Å². The number of carbonyl (C=O) groups excluding carboxylic acids is 1. The van der Waals surface area contributed by atoms with E-state index >= 15 is 0 Å². The number of aryl methyl sites for hydroxylation is 1. The van der Waals surface area contributed by atoms with Gasteiger partial charge in [0.2, 0.25) is 5.91 Å². The monoisotopic (exact) mass is 480 g/mol. The first-order chi connectivity index (χ1) is 16.4. The number of rotatable bonds is 11. The first-order valence-corrected chi connectivity index (χ1v) is 12.2. The van der Waals surface area contributed by atoms with Gasteiger partial charge >= 0.3 is 0 Å². The summed E-state index contributed by atoms with van der Waals surface area (Å²) in [7, 11) is 5.58. The molecular weight excluding hydrogens is 448 g/mol. The molecule has 0 saturated carbocycles. The number of methoxy groups -OCH3 is 1.